The Morgan fingerprint density at radius 2 is 1.79 bits per heavy atom. The van der Waals surface area contributed by atoms with Gasteiger partial charge in [-0.25, -0.2) is 4.79 Å². The molecule has 8 heteroatoms. The number of amides is 4. The zero-order chi connectivity index (χ0) is 21.1. The minimum atomic E-state index is -0.542. The quantitative estimate of drug-likeness (QED) is 0.736. The van der Waals surface area contributed by atoms with E-state index in [9.17, 15) is 14.4 Å². The van der Waals surface area contributed by atoms with E-state index < -0.39 is 22.9 Å². The fraction of sp³-hybridized carbons (Fsp3) is 0.550. The second kappa shape index (κ2) is 8.08. The standard InChI is InChI=1S/C20H30N4O4/c1-19(2,3)17(26)24-9-10-28-15-8-7-13(11-14(15)24)21-12-16(25)22-18(27)23-20(4,5)6/h7-8,11,21H,9-10,12H2,1-6H3,(H2,22,23,25,27). The van der Waals surface area contributed by atoms with Crippen LogP contribution >= 0.6 is 0 Å². The highest BCUT2D eigenvalue weighted by Crippen LogP contribution is 2.36. The number of carbonyl (C=O) groups excluding carboxylic acids is 3. The second-order valence-electron chi connectivity index (χ2n) is 8.84. The van der Waals surface area contributed by atoms with Crippen LogP contribution in [0.25, 0.3) is 0 Å². The van der Waals surface area contributed by atoms with Crippen LogP contribution in [-0.2, 0) is 9.59 Å². The third-order valence-electron chi connectivity index (χ3n) is 3.90. The Balaban J connectivity index is 2.04. The van der Waals surface area contributed by atoms with Gasteiger partial charge in [-0.2, -0.15) is 0 Å². The van der Waals surface area contributed by atoms with Crippen LogP contribution in [0.15, 0.2) is 18.2 Å². The van der Waals surface area contributed by atoms with Crippen LogP contribution in [0.1, 0.15) is 41.5 Å². The largest absolute Gasteiger partial charge is 0.490 e. The van der Waals surface area contributed by atoms with E-state index in [0.717, 1.165) is 0 Å². The molecule has 1 aliphatic heterocycles. The monoisotopic (exact) mass is 390 g/mol. The molecular weight excluding hydrogens is 360 g/mol. The smallest absolute Gasteiger partial charge is 0.321 e. The van der Waals surface area contributed by atoms with Crippen molar-refractivity contribution in [3.8, 4) is 5.75 Å². The van der Waals surface area contributed by atoms with E-state index in [1.807, 2.05) is 41.5 Å². The molecule has 0 saturated carbocycles. The van der Waals surface area contributed by atoms with Crippen LogP contribution in [0.3, 0.4) is 0 Å². The van der Waals surface area contributed by atoms with E-state index in [1.165, 1.54) is 0 Å². The molecule has 8 nitrogen and oxygen atoms in total. The first-order valence-electron chi connectivity index (χ1n) is 9.31. The summed E-state index contributed by atoms with van der Waals surface area (Å²) in [6.45, 7) is 11.9. The maximum atomic E-state index is 12.7. The summed E-state index contributed by atoms with van der Waals surface area (Å²) in [7, 11) is 0. The lowest BCUT2D eigenvalue weighted by atomic mass is 9.94. The molecule has 0 bridgehead atoms. The Labute approximate surface area is 166 Å². The van der Waals surface area contributed by atoms with Gasteiger partial charge in [0.2, 0.25) is 11.8 Å². The molecule has 0 aromatic heterocycles. The number of imide groups is 1. The van der Waals surface area contributed by atoms with Gasteiger partial charge in [-0.3, -0.25) is 14.9 Å². The number of urea groups is 1. The van der Waals surface area contributed by atoms with Crippen molar-refractivity contribution < 1.29 is 19.1 Å². The third-order valence-corrected chi connectivity index (χ3v) is 3.90. The summed E-state index contributed by atoms with van der Waals surface area (Å²) in [6.07, 6.45) is 0. The lowest BCUT2D eigenvalue weighted by Gasteiger charge is -2.34. The number of fused-ring (bicyclic) bond motifs is 1. The van der Waals surface area contributed by atoms with Gasteiger partial charge in [0.1, 0.15) is 12.4 Å². The Kier molecular flexibility index (Phi) is 6.21. The molecule has 0 spiro atoms. The highest BCUT2D eigenvalue weighted by atomic mass is 16.5. The van der Waals surface area contributed by atoms with Crippen molar-refractivity contribution in [2.75, 3.05) is 29.9 Å². The summed E-state index contributed by atoms with van der Waals surface area (Å²) in [5, 5.41) is 7.91. The number of carbonyl (C=O) groups is 3. The zero-order valence-corrected chi connectivity index (χ0v) is 17.4. The van der Waals surface area contributed by atoms with Crippen molar-refractivity contribution in [2.45, 2.75) is 47.1 Å². The molecule has 1 aromatic rings. The summed E-state index contributed by atoms with van der Waals surface area (Å²) < 4.78 is 5.64. The second-order valence-corrected chi connectivity index (χ2v) is 8.84. The zero-order valence-electron chi connectivity index (χ0n) is 17.4. The highest BCUT2D eigenvalue weighted by molar-refractivity contribution is 5.99. The fourth-order valence-corrected chi connectivity index (χ4v) is 2.67. The van der Waals surface area contributed by atoms with Crippen LogP contribution in [-0.4, -0.2) is 43.1 Å². The third kappa shape index (κ3) is 5.87. The van der Waals surface area contributed by atoms with Gasteiger partial charge >= 0.3 is 6.03 Å². The highest BCUT2D eigenvalue weighted by Gasteiger charge is 2.32. The summed E-state index contributed by atoms with van der Waals surface area (Å²) >= 11 is 0. The first-order valence-corrected chi connectivity index (χ1v) is 9.31. The maximum Gasteiger partial charge on any atom is 0.321 e. The lowest BCUT2D eigenvalue weighted by molar-refractivity contribution is -0.126. The van der Waals surface area contributed by atoms with Crippen LogP contribution in [0.2, 0.25) is 0 Å². The number of nitrogens with one attached hydrogen (secondary N) is 3. The van der Waals surface area contributed by atoms with Gasteiger partial charge in [0, 0.05) is 16.6 Å². The molecule has 28 heavy (non-hydrogen) atoms. The van der Waals surface area contributed by atoms with Crippen molar-refractivity contribution in [3.63, 3.8) is 0 Å². The van der Waals surface area contributed by atoms with E-state index >= 15 is 0 Å². The van der Waals surface area contributed by atoms with E-state index in [0.29, 0.717) is 30.3 Å². The molecule has 1 heterocycles. The predicted molar refractivity (Wildman–Crippen MR) is 109 cm³/mol. The van der Waals surface area contributed by atoms with Gasteiger partial charge in [-0.05, 0) is 39.0 Å². The number of nitrogens with zero attached hydrogens (tertiary/aromatic N) is 1. The normalized spacial score (nSPS) is 13.9. The summed E-state index contributed by atoms with van der Waals surface area (Å²) in [5.74, 6) is 0.174. The Morgan fingerprint density at radius 1 is 1.11 bits per heavy atom. The number of hydrogen-bond acceptors (Lipinski definition) is 5. The Morgan fingerprint density at radius 3 is 2.39 bits per heavy atom. The molecule has 0 unspecified atom stereocenters. The molecule has 1 aliphatic rings. The molecule has 0 atom stereocenters. The average molecular weight is 390 g/mol. The van der Waals surface area contributed by atoms with Gasteiger partial charge < -0.3 is 20.3 Å². The van der Waals surface area contributed by atoms with E-state index in [-0.39, 0.29) is 12.5 Å². The van der Waals surface area contributed by atoms with Crippen molar-refractivity contribution in [2.24, 2.45) is 5.41 Å². The topological polar surface area (TPSA) is 99.8 Å². The van der Waals surface area contributed by atoms with Crippen LogP contribution in [0.4, 0.5) is 16.2 Å². The van der Waals surface area contributed by atoms with Crippen LogP contribution < -0.4 is 25.6 Å². The van der Waals surface area contributed by atoms with Gasteiger partial charge in [-0.15, -0.1) is 0 Å². The van der Waals surface area contributed by atoms with Crippen molar-refractivity contribution >= 4 is 29.2 Å². The predicted octanol–water partition coefficient (Wildman–Crippen LogP) is 2.49. The molecule has 2 rings (SSSR count). The number of hydrogen-bond donors (Lipinski definition) is 3. The molecular formula is C20H30N4O4. The van der Waals surface area contributed by atoms with Crippen LogP contribution in [0.5, 0.6) is 5.75 Å². The first-order chi connectivity index (χ1) is 12.9. The Bertz CT molecular complexity index is 762. The van der Waals surface area contributed by atoms with Gasteiger partial charge in [0.25, 0.3) is 0 Å². The van der Waals surface area contributed by atoms with Crippen molar-refractivity contribution in [3.05, 3.63) is 18.2 Å². The van der Waals surface area contributed by atoms with Gasteiger partial charge in [-0.1, -0.05) is 20.8 Å². The van der Waals surface area contributed by atoms with E-state index in [4.69, 9.17) is 4.74 Å². The molecule has 0 saturated heterocycles. The van der Waals surface area contributed by atoms with E-state index in [1.54, 1.807) is 23.1 Å². The number of rotatable bonds is 3. The molecule has 1 aromatic carbocycles. The van der Waals surface area contributed by atoms with E-state index in [2.05, 4.69) is 16.0 Å². The first kappa shape index (κ1) is 21.5. The van der Waals surface area contributed by atoms with Gasteiger partial charge in [0.15, 0.2) is 0 Å². The molecule has 0 fully saturated rings. The molecule has 154 valence electrons. The maximum absolute atomic E-state index is 12.7. The SMILES string of the molecule is CC(C)(C)NC(=O)NC(=O)CNc1ccc2c(c1)N(C(=O)C(C)(C)C)CCO2. The molecule has 0 aliphatic carbocycles. The number of ether oxygens (including phenoxy) is 1. The van der Waals surface area contributed by atoms with Crippen molar-refractivity contribution in [1.29, 1.82) is 0 Å². The molecule has 3 N–H and O–H groups in total. The van der Waals surface area contributed by atoms with Crippen LogP contribution in [0, 0.1) is 5.41 Å². The number of benzene rings is 1. The van der Waals surface area contributed by atoms with Crippen molar-refractivity contribution in [1.82, 2.24) is 10.6 Å². The summed E-state index contributed by atoms with van der Waals surface area (Å²) in [4.78, 5) is 38.2. The molecule has 4 amide bonds. The lowest BCUT2D eigenvalue weighted by Crippen LogP contribution is -2.49. The Hall–Kier alpha value is -2.77. The molecule has 0 radical (unpaired) electrons. The summed E-state index contributed by atoms with van der Waals surface area (Å²) in [6, 6.07) is 4.77. The minimum absolute atomic E-state index is 0.00537. The minimum Gasteiger partial charge on any atom is -0.490 e. The van der Waals surface area contributed by atoms with Gasteiger partial charge in [0.05, 0.1) is 18.8 Å². The fourth-order valence-electron chi connectivity index (χ4n) is 2.67. The number of anilines is 2. The average Bonchev–Trinajstić information content (AvgIpc) is 2.56. The summed E-state index contributed by atoms with van der Waals surface area (Å²) in [5.41, 5.74) is 0.377.